The van der Waals surface area contributed by atoms with Gasteiger partial charge in [-0.2, -0.15) is 5.10 Å². The van der Waals surface area contributed by atoms with Crippen molar-refractivity contribution >= 4 is 17.2 Å². The third kappa shape index (κ3) is 4.45. The molecule has 3 rings (SSSR count). The van der Waals surface area contributed by atoms with Gasteiger partial charge in [-0.3, -0.25) is 14.4 Å². The van der Waals surface area contributed by atoms with Crippen LogP contribution in [0.3, 0.4) is 0 Å². The highest BCUT2D eigenvalue weighted by atomic mass is 32.1. The first kappa shape index (κ1) is 17.2. The van der Waals surface area contributed by atoms with Crippen LogP contribution in [0.25, 0.3) is 0 Å². The maximum atomic E-state index is 12.4. The van der Waals surface area contributed by atoms with E-state index in [-0.39, 0.29) is 5.91 Å². The second kappa shape index (κ2) is 7.94. The zero-order valence-corrected chi connectivity index (χ0v) is 15.4. The highest BCUT2D eigenvalue weighted by Gasteiger charge is 2.21. The van der Waals surface area contributed by atoms with Gasteiger partial charge in [0.1, 0.15) is 0 Å². The Labute approximate surface area is 147 Å². The Hall–Kier alpha value is -1.66. The largest absolute Gasteiger partial charge is 0.340 e. The van der Waals surface area contributed by atoms with Gasteiger partial charge >= 0.3 is 0 Å². The van der Waals surface area contributed by atoms with E-state index in [4.69, 9.17) is 0 Å². The number of carbonyl (C=O) groups is 1. The number of aromatic nitrogens is 2. The van der Waals surface area contributed by atoms with Crippen LogP contribution in [-0.2, 0) is 31.2 Å². The van der Waals surface area contributed by atoms with Crippen molar-refractivity contribution in [1.29, 1.82) is 0 Å². The normalized spacial score (nSPS) is 15.8. The topological polar surface area (TPSA) is 41.4 Å². The molecule has 0 bridgehead atoms. The summed E-state index contributed by atoms with van der Waals surface area (Å²) in [6.45, 7) is 6.85. The van der Waals surface area contributed by atoms with Crippen LogP contribution in [0.15, 0.2) is 24.5 Å². The molecular weight excluding hydrogens is 320 g/mol. The molecule has 0 spiro atoms. The minimum absolute atomic E-state index is 0.267. The van der Waals surface area contributed by atoms with Gasteiger partial charge in [-0.1, -0.05) is 6.92 Å². The van der Waals surface area contributed by atoms with Crippen LogP contribution in [0.5, 0.6) is 0 Å². The predicted molar refractivity (Wildman–Crippen MR) is 97.1 cm³/mol. The monoisotopic (exact) mass is 346 g/mol. The van der Waals surface area contributed by atoms with Gasteiger partial charge in [-0.15, -0.1) is 11.3 Å². The maximum absolute atomic E-state index is 12.4. The fourth-order valence-electron chi connectivity index (χ4n) is 3.08. The summed E-state index contributed by atoms with van der Waals surface area (Å²) >= 11 is 1.91. The van der Waals surface area contributed by atoms with Crippen molar-refractivity contribution < 1.29 is 4.79 Å². The van der Waals surface area contributed by atoms with E-state index in [0.29, 0.717) is 6.42 Å². The molecule has 1 amide bonds. The molecule has 6 heteroatoms. The van der Waals surface area contributed by atoms with Crippen LogP contribution in [-0.4, -0.2) is 51.7 Å². The molecule has 2 aromatic heterocycles. The summed E-state index contributed by atoms with van der Waals surface area (Å²) in [5.74, 6) is 0.267. The summed E-state index contributed by atoms with van der Waals surface area (Å²) in [7, 11) is 1.90. The highest BCUT2D eigenvalue weighted by Crippen LogP contribution is 2.19. The van der Waals surface area contributed by atoms with Crippen LogP contribution in [0, 0.1) is 0 Å². The highest BCUT2D eigenvalue weighted by molar-refractivity contribution is 7.11. The molecule has 130 valence electrons. The van der Waals surface area contributed by atoms with E-state index in [1.807, 2.05) is 35.7 Å². The molecule has 2 aromatic rings. The standard InChI is InChI=1S/C18H26N4OS/c1-3-16-5-6-17(24-16)14-21-8-10-22(11-9-21)18(23)7-4-15-12-19-20(2)13-15/h5-6,12-13H,3-4,7-11,14H2,1-2H3. The molecule has 1 saturated heterocycles. The third-order valence-electron chi connectivity index (χ3n) is 4.56. The summed E-state index contributed by atoms with van der Waals surface area (Å²) in [6.07, 6.45) is 6.30. The second-order valence-corrected chi connectivity index (χ2v) is 7.65. The number of aryl methyl sites for hydroxylation is 3. The summed E-state index contributed by atoms with van der Waals surface area (Å²) in [5, 5.41) is 4.15. The van der Waals surface area contributed by atoms with Gasteiger partial charge in [0.2, 0.25) is 5.91 Å². The molecule has 1 aliphatic heterocycles. The van der Waals surface area contributed by atoms with Crippen molar-refractivity contribution in [3.05, 3.63) is 39.8 Å². The van der Waals surface area contributed by atoms with Crippen LogP contribution in [0.4, 0.5) is 0 Å². The van der Waals surface area contributed by atoms with Crippen LogP contribution in [0.1, 0.15) is 28.7 Å². The Bertz CT molecular complexity index is 670. The van der Waals surface area contributed by atoms with E-state index in [2.05, 4.69) is 29.1 Å². The molecule has 1 aliphatic rings. The minimum Gasteiger partial charge on any atom is -0.340 e. The average molecular weight is 347 g/mol. The predicted octanol–water partition coefficient (Wildman–Crippen LogP) is 2.32. The van der Waals surface area contributed by atoms with Gasteiger partial charge in [0.15, 0.2) is 0 Å². The molecule has 0 aromatic carbocycles. The molecular formula is C18H26N4OS. The van der Waals surface area contributed by atoms with E-state index < -0.39 is 0 Å². The second-order valence-electron chi connectivity index (χ2n) is 6.40. The first-order valence-electron chi connectivity index (χ1n) is 8.69. The lowest BCUT2D eigenvalue weighted by Gasteiger charge is -2.34. The quantitative estimate of drug-likeness (QED) is 0.806. The summed E-state index contributed by atoms with van der Waals surface area (Å²) in [5.41, 5.74) is 1.13. The van der Waals surface area contributed by atoms with Gasteiger partial charge in [0.05, 0.1) is 6.20 Å². The van der Waals surface area contributed by atoms with Crippen molar-refractivity contribution in [3.63, 3.8) is 0 Å². The summed E-state index contributed by atoms with van der Waals surface area (Å²) in [4.78, 5) is 19.7. The van der Waals surface area contributed by atoms with Gasteiger partial charge < -0.3 is 4.90 Å². The lowest BCUT2D eigenvalue weighted by Crippen LogP contribution is -2.48. The zero-order chi connectivity index (χ0) is 16.9. The van der Waals surface area contributed by atoms with Crippen molar-refractivity contribution in [2.75, 3.05) is 26.2 Å². The number of rotatable bonds is 6. The Morgan fingerprint density at radius 1 is 1.21 bits per heavy atom. The van der Waals surface area contributed by atoms with Gasteiger partial charge in [-0.05, 0) is 30.5 Å². The maximum Gasteiger partial charge on any atom is 0.222 e. The zero-order valence-electron chi connectivity index (χ0n) is 14.6. The number of hydrogen-bond acceptors (Lipinski definition) is 4. The van der Waals surface area contributed by atoms with Crippen LogP contribution >= 0.6 is 11.3 Å². The number of nitrogens with zero attached hydrogens (tertiary/aromatic N) is 4. The van der Waals surface area contributed by atoms with E-state index >= 15 is 0 Å². The Morgan fingerprint density at radius 3 is 2.58 bits per heavy atom. The van der Waals surface area contributed by atoms with Crippen molar-refractivity contribution in [2.24, 2.45) is 7.05 Å². The van der Waals surface area contributed by atoms with Gasteiger partial charge in [0.25, 0.3) is 0 Å². The number of carbonyl (C=O) groups excluding carboxylic acids is 1. The van der Waals surface area contributed by atoms with Gasteiger partial charge in [0, 0.05) is 62.1 Å². The lowest BCUT2D eigenvalue weighted by molar-refractivity contribution is -0.132. The third-order valence-corrected chi connectivity index (χ3v) is 5.77. The number of piperazine rings is 1. The summed E-state index contributed by atoms with van der Waals surface area (Å²) in [6, 6.07) is 4.48. The fraction of sp³-hybridized carbons (Fsp3) is 0.556. The molecule has 24 heavy (non-hydrogen) atoms. The number of amides is 1. The average Bonchev–Trinajstić information content (AvgIpc) is 3.22. The molecule has 0 N–H and O–H groups in total. The first-order chi connectivity index (χ1) is 11.6. The fourth-order valence-corrected chi connectivity index (χ4v) is 4.08. The Kier molecular flexibility index (Phi) is 5.68. The summed E-state index contributed by atoms with van der Waals surface area (Å²) < 4.78 is 1.78. The van der Waals surface area contributed by atoms with Crippen LogP contribution in [0.2, 0.25) is 0 Å². The Morgan fingerprint density at radius 2 is 1.96 bits per heavy atom. The molecule has 0 radical (unpaired) electrons. The van der Waals surface area contributed by atoms with Crippen molar-refractivity contribution in [2.45, 2.75) is 32.7 Å². The number of thiophene rings is 1. The van der Waals surface area contributed by atoms with E-state index in [9.17, 15) is 4.79 Å². The van der Waals surface area contributed by atoms with Crippen LogP contribution < -0.4 is 0 Å². The lowest BCUT2D eigenvalue weighted by atomic mass is 10.1. The van der Waals surface area contributed by atoms with E-state index in [0.717, 1.165) is 51.1 Å². The molecule has 0 atom stereocenters. The van der Waals surface area contributed by atoms with E-state index in [1.165, 1.54) is 9.75 Å². The van der Waals surface area contributed by atoms with Crippen molar-refractivity contribution in [1.82, 2.24) is 19.6 Å². The first-order valence-corrected chi connectivity index (χ1v) is 9.51. The van der Waals surface area contributed by atoms with Crippen molar-refractivity contribution in [3.8, 4) is 0 Å². The molecule has 5 nitrogen and oxygen atoms in total. The Balaban J connectivity index is 1.41. The number of hydrogen-bond donors (Lipinski definition) is 0. The molecule has 0 unspecified atom stereocenters. The molecule has 3 heterocycles. The van der Waals surface area contributed by atoms with E-state index in [1.54, 1.807) is 4.68 Å². The molecule has 0 aliphatic carbocycles. The van der Waals surface area contributed by atoms with Gasteiger partial charge in [-0.25, -0.2) is 0 Å². The molecule has 1 fully saturated rings. The molecule has 0 saturated carbocycles. The SMILES string of the molecule is CCc1ccc(CN2CCN(C(=O)CCc3cnn(C)c3)CC2)s1. The smallest absolute Gasteiger partial charge is 0.222 e. The minimum atomic E-state index is 0.267.